The molecule has 1 aliphatic heterocycles. The Bertz CT molecular complexity index is 97.1. The molecule has 1 rings (SSSR count). The van der Waals surface area contributed by atoms with Gasteiger partial charge in [-0.25, -0.2) is 4.39 Å². The number of aliphatic hydroxyl groups excluding tert-OH is 1. The summed E-state index contributed by atoms with van der Waals surface area (Å²) in [5, 5.41) is 11.8. The van der Waals surface area contributed by atoms with E-state index in [1.807, 2.05) is 0 Å². The SMILES string of the molecule is C[C@H](O)[C@H]1C[C@@H](F)CN1. The summed E-state index contributed by atoms with van der Waals surface area (Å²) in [7, 11) is 0. The lowest BCUT2D eigenvalue weighted by Gasteiger charge is -2.11. The van der Waals surface area contributed by atoms with Crippen molar-refractivity contribution in [3.63, 3.8) is 0 Å². The van der Waals surface area contributed by atoms with Crippen LogP contribution in [0.5, 0.6) is 0 Å². The van der Waals surface area contributed by atoms with Crippen LogP contribution in [0.2, 0.25) is 0 Å². The average Bonchev–Trinajstić information content (AvgIpc) is 2.14. The van der Waals surface area contributed by atoms with Crippen LogP contribution in [0, 0.1) is 0 Å². The number of aliphatic hydroxyl groups is 1. The highest BCUT2D eigenvalue weighted by Crippen LogP contribution is 2.12. The Morgan fingerprint density at radius 3 is 2.67 bits per heavy atom. The molecule has 3 heteroatoms. The Morgan fingerprint density at radius 1 is 1.78 bits per heavy atom. The quantitative estimate of drug-likeness (QED) is 0.530. The smallest absolute Gasteiger partial charge is 0.114 e. The fourth-order valence-corrected chi connectivity index (χ4v) is 1.09. The second-order valence-corrected chi connectivity index (χ2v) is 2.59. The minimum Gasteiger partial charge on any atom is -0.392 e. The van der Waals surface area contributed by atoms with Gasteiger partial charge in [0.15, 0.2) is 0 Å². The molecule has 2 nitrogen and oxygen atoms in total. The summed E-state index contributed by atoms with van der Waals surface area (Å²) in [6.45, 7) is 2.07. The summed E-state index contributed by atoms with van der Waals surface area (Å²) in [5.41, 5.74) is 0. The molecule has 0 amide bonds. The molecule has 0 aliphatic carbocycles. The van der Waals surface area contributed by atoms with Gasteiger partial charge in [0.05, 0.1) is 6.10 Å². The van der Waals surface area contributed by atoms with Crippen LogP contribution in [0.25, 0.3) is 0 Å². The fourth-order valence-electron chi connectivity index (χ4n) is 1.09. The van der Waals surface area contributed by atoms with Crippen molar-refractivity contribution in [2.24, 2.45) is 0 Å². The molecule has 0 unspecified atom stereocenters. The van der Waals surface area contributed by atoms with Crippen molar-refractivity contribution in [3.8, 4) is 0 Å². The van der Waals surface area contributed by atoms with Gasteiger partial charge in [-0.3, -0.25) is 0 Å². The molecule has 1 saturated heterocycles. The molecule has 1 aliphatic rings. The number of nitrogens with one attached hydrogen (secondary N) is 1. The maximum atomic E-state index is 12.4. The Labute approximate surface area is 54.1 Å². The molecule has 2 N–H and O–H groups in total. The standard InChI is InChI=1S/C6H12FNO/c1-4(9)6-2-5(7)3-8-6/h4-6,8-9H,2-3H2,1H3/t4-,5+,6+/m0/s1. The lowest BCUT2D eigenvalue weighted by molar-refractivity contribution is 0.151. The van der Waals surface area contributed by atoms with E-state index in [2.05, 4.69) is 5.32 Å². The van der Waals surface area contributed by atoms with E-state index >= 15 is 0 Å². The lowest BCUT2D eigenvalue weighted by Crippen LogP contribution is -2.32. The third kappa shape index (κ3) is 1.63. The second-order valence-electron chi connectivity index (χ2n) is 2.59. The summed E-state index contributed by atoms with van der Waals surface area (Å²) < 4.78 is 12.4. The maximum Gasteiger partial charge on any atom is 0.114 e. The predicted molar refractivity (Wildman–Crippen MR) is 33.0 cm³/mol. The van der Waals surface area contributed by atoms with E-state index in [9.17, 15) is 4.39 Å². The molecule has 0 spiro atoms. The van der Waals surface area contributed by atoms with Gasteiger partial charge < -0.3 is 10.4 Å². The summed E-state index contributed by atoms with van der Waals surface area (Å²) in [4.78, 5) is 0. The molecule has 0 radical (unpaired) electrons. The zero-order valence-corrected chi connectivity index (χ0v) is 5.47. The van der Waals surface area contributed by atoms with Crippen molar-refractivity contribution < 1.29 is 9.50 Å². The summed E-state index contributed by atoms with van der Waals surface area (Å²) >= 11 is 0. The van der Waals surface area contributed by atoms with Crippen LogP contribution in [0.1, 0.15) is 13.3 Å². The molecule has 1 heterocycles. The van der Waals surface area contributed by atoms with Gasteiger partial charge >= 0.3 is 0 Å². The van der Waals surface area contributed by atoms with E-state index in [4.69, 9.17) is 5.11 Å². The number of hydrogen-bond acceptors (Lipinski definition) is 2. The van der Waals surface area contributed by atoms with Crippen LogP contribution in [-0.2, 0) is 0 Å². The Balaban J connectivity index is 2.30. The molecule has 9 heavy (non-hydrogen) atoms. The minimum absolute atomic E-state index is 0.0278. The van der Waals surface area contributed by atoms with Crippen LogP contribution in [-0.4, -0.2) is 30.0 Å². The van der Waals surface area contributed by atoms with Crippen molar-refractivity contribution >= 4 is 0 Å². The highest BCUT2D eigenvalue weighted by Gasteiger charge is 2.26. The van der Waals surface area contributed by atoms with Crippen molar-refractivity contribution in [1.82, 2.24) is 5.32 Å². The molecule has 0 saturated carbocycles. The summed E-state index contributed by atoms with van der Waals surface area (Å²) in [6, 6.07) is -0.0278. The van der Waals surface area contributed by atoms with Crippen molar-refractivity contribution in [3.05, 3.63) is 0 Å². The first kappa shape index (κ1) is 6.96. The van der Waals surface area contributed by atoms with Crippen LogP contribution in [0.15, 0.2) is 0 Å². The normalized spacial score (nSPS) is 39.0. The first-order valence-electron chi connectivity index (χ1n) is 3.25. The van der Waals surface area contributed by atoms with Crippen molar-refractivity contribution in [1.29, 1.82) is 0 Å². The molecule has 0 aromatic carbocycles. The van der Waals surface area contributed by atoms with Gasteiger partial charge in [0, 0.05) is 12.6 Å². The first-order valence-corrected chi connectivity index (χ1v) is 3.25. The van der Waals surface area contributed by atoms with E-state index in [0.717, 1.165) is 0 Å². The molecule has 54 valence electrons. The zero-order valence-electron chi connectivity index (χ0n) is 5.47. The maximum absolute atomic E-state index is 12.4. The van der Waals surface area contributed by atoms with Gasteiger partial charge in [0.1, 0.15) is 6.17 Å². The van der Waals surface area contributed by atoms with Gasteiger partial charge in [-0.05, 0) is 13.3 Å². The highest BCUT2D eigenvalue weighted by molar-refractivity contribution is 4.84. The third-order valence-corrected chi connectivity index (χ3v) is 1.69. The van der Waals surface area contributed by atoms with Crippen molar-refractivity contribution in [2.45, 2.75) is 31.7 Å². The predicted octanol–water partition coefficient (Wildman–Crippen LogP) is 0.0672. The number of rotatable bonds is 1. The second kappa shape index (κ2) is 2.62. The molecule has 1 fully saturated rings. The van der Waals surface area contributed by atoms with Gasteiger partial charge in [-0.1, -0.05) is 0 Å². The third-order valence-electron chi connectivity index (χ3n) is 1.69. The molecule has 0 aromatic heterocycles. The molecule has 3 atom stereocenters. The number of halogens is 1. The zero-order chi connectivity index (χ0) is 6.85. The number of hydrogen-bond donors (Lipinski definition) is 2. The molecular weight excluding hydrogens is 121 g/mol. The largest absolute Gasteiger partial charge is 0.392 e. The lowest BCUT2D eigenvalue weighted by atomic mass is 10.1. The minimum atomic E-state index is -0.760. The first-order chi connectivity index (χ1) is 4.20. The average molecular weight is 133 g/mol. The Kier molecular flexibility index (Phi) is 2.03. The van der Waals surface area contributed by atoms with E-state index in [1.165, 1.54) is 0 Å². The van der Waals surface area contributed by atoms with Crippen LogP contribution < -0.4 is 5.32 Å². The number of alkyl halides is 1. The van der Waals surface area contributed by atoms with E-state index in [1.54, 1.807) is 6.92 Å². The van der Waals surface area contributed by atoms with E-state index < -0.39 is 12.3 Å². The monoisotopic (exact) mass is 133 g/mol. The van der Waals surface area contributed by atoms with E-state index in [-0.39, 0.29) is 6.04 Å². The van der Waals surface area contributed by atoms with Crippen LogP contribution in [0.3, 0.4) is 0 Å². The van der Waals surface area contributed by atoms with Crippen molar-refractivity contribution in [2.75, 3.05) is 6.54 Å². The van der Waals surface area contributed by atoms with Gasteiger partial charge in [0.2, 0.25) is 0 Å². The molecular formula is C6H12FNO. The topological polar surface area (TPSA) is 32.3 Å². The van der Waals surface area contributed by atoms with Gasteiger partial charge in [-0.15, -0.1) is 0 Å². The molecule has 0 bridgehead atoms. The molecule has 0 aromatic rings. The highest BCUT2D eigenvalue weighted by atomic mass is 19.1. The fraction of sp³-hybridized carbons (Fsp3) is 1.00. The summed E-state index contributed by atoms with van der Waals surface area (Å²) in [5.74, 6) is 0. The van der Waals surface area contributed by atoms with Crippen LogP contribution in [0.4, 0.5) is 4.39 Å². The Hall–Kier alpha value is -0.150. The van der Waals surface area contributed by atoms with Gasteiger partial charge in [-0.2, -0.15) is 0 Å². The van der Waals surface area contributed by atoms with Gasteiger partial charge in [0.25, 0.3) is 0 Å². The van der Waals surface area contributed by atoms with E-state index in [0.29, 0.717) is 13.0 Å². The van der Waals surface area contributed by atoms with Crippen LogP contribution >= 0.6 is 0 Å². The Morgan fingerprint density at radius 2 is 2.44 bits per heavy atom. The summed E-state index contributed by atoms with van der Waals surface area (Å²) in [6.07, 6.45) is -0.729.